The van der Waals surface area contributed by atoms with Crippen molar-refractivity contribution in [3.63, 3.8) is 0 Å². The lowest BCUT2D eigenvalue weighted by Crippen LogP contribution is -2.30. The second-order valence-electron chi connectivity index (χ2n) is 15.8. The molecule has 0 saturated carbocycles. The highest BCUT2D eigenvalue weighted by Gasteiger charge is 2.19. The fraction of sp³-hybridized carbons (Fsp3) is 0.933. The van der Waals surface area contributed by atoms with Gasteiger partial charge in [0.15, 0.2) is 6.10 Å². The molecule has 0 heterocycles. The van der Waals surface area contributed by atoms with Crippen molar-refractivity contribution in [2.75, 3.05) is 13.2 Å². The van der Waals surface area contributed by atoms with Crippen LogP contribution in [0.15, 0.2) is 0 Å². The van der Waals surface area contributed by atoms with Crippen molar-refractivity contribution < 1.29 is 28.6 Å². The van der Waals surface area contributed by atoms with E-state index in [1.807, 2.05) is 0 Å². The molecule has 0 aromatic heterocycles. The fourth-order valence-electron chi connectivity index (χ4n) is 6.63. The van der Waals surface area contributed by atoms with Crippen molar-refractivity contribution in [2.45, 2.75) is 252 Å². The molecule has 0 radical (unpaired) electrons. The van der Waals surface area contributed by atoms with E-state index in [9.17, 15) is 14.4 Å². The third kappa shape index (κ3) is 39.5. The Morgan fingerprint density at radius 3 is 0.961 bits per heavy atom. The van der Waals surface area contributed by atoms with Gasteiger partial charge in [0.05, 0.1) is 0 Å². The van der Waals surface area contributed by atoms with Crippen LogP contribution in [0.3, 0.4) is 0 Å². The monoisotopic (exact) mass is 723 g/mol. The number of hydrogen-bond donors (Lipinski definition) is 0. The van der Waals surface area contributed by atoms with Gasteiger partial charge >= 0.3 is 17.9 Å². The maximum atomic E-state index is 12.6. The minimum Gasteiger partial charge on any atom is -0.462 e. The van der Waals surface area contributed by atoms with Crippen molar-refractivity contribution in [1.82, 2.24) is 0 Å². The molecular formula is C45H86O6. The first kappa shape index (κ1) is 49.4. The predicted molar refractivity (Wildman–Crippen MR) is 215 cm³/mol. The number of unbranched alkanes of at least 4 members (excludes halogenated alkanes) is 27. The van der Waals surface area contributed by atoms with Gasteiger partial charge in [-0.25, -0.2) is 0 Å². The summed E-state index contributed by atoms with van der Waals surface area (Å²) in [6.45, 7) is 8.95. The van der Waals surface area contributed by atoms with Crippen LogP contribution >= 0.6 is 0 Å². The lowest BCUT2D eigenvalue weighted by Gasteiger charge is -2.18. The van der Waals surface area contributed by atoms with E-state index in [1.54, 1.807) is 0 Å². The van der Waals surface area contributed by atoms with E-state index in [0.717, 1.165) is 63.7 Å². The van der Waals surface area contributed by atoms with Gasteiger partial charge in [0.1, 0.15) is 13.2 Å². The van der Waals surface area contributed by atoms with Crippen LogP contribution in [-0.2, 0) is 28.6 Å². The number of esters is 3. The van der Waals surface area contributed by atoms with Gasteiger partial charge in [-0.2, -0.15) is 0 Å². The Morgan fingerprint density at radius 2 is 0.647 bits per heavy atom. The van der Waals surface area contributed by atoms with E-state index in [0.29, 0.717) is 19.3 Å². The quantitative estimate of drug-likeness (QED) is 0.0356. The van der Waals surface area contributed by atoms with Gasteiger partial charge < -0.3 is 14.2 Å². The average molecular weight is 723 g/mol. The normalized spacial score (nSPS) is 11.9. The highest BCUT2D eigenvalue weighted by atomic mass is 16.6. The van der Waals surface area contributed by atoms with Crippen molar-refractivity contribution in [2.24, 2.45) is 5.92 Å². The summed E-state index contributed by atoms with van der Waals surface area (Å²) in [6, 6.07) is 0. The first-order chi connectivity index (χ1) is 24.9. The number of carbonyl (C=O) groups excluding carboxylic acids is 3. The van der Waals surface area contributed by atoms with Crippen LogP contribution < -0.4 is 0 Å². The molecule has 0 aliphatic heterocycles. The van der Waals surface area contributed by atoms with Crippen LogP contribution in [0, 0.1) is 5.92 Å². The third-order valence-electron chi connectivity index (χ3n) is 10.0. The zero-order chi connectivity index (χ0) is 37.5. The SMILES string of the molecule is CCCCCCCCCCCCCCC(=O)OC[C@H](COC(=O)CCCCCCCCCCCCCC(C)C)OC(=O)CCCCCCCCC. The maximum Gasteiger partial charge on any atom is 0.306 e. The fourth-order valence-corrected chi connectivity index (χ4v) is 6.63. The average Bonchev–Trinajstić information content (AvgIpc) is 3.11. The minimum absolute atomic E-state index is 0.0644. The molecule has 302 valence electrons. The van der Waals surface area contributed by atoms with Crippen molar-refractivity contribution in [1.29, 1.82) is 0 Å². The zero-order valence-corrected chi connectivity index (χ0v) is 34.6. The lowest BCUT2D eigenvalue weighted by molar-refractivity contribution is -0.167. The van der Waals surface area contributed by atoms with Crippen molar-refractivity contribution in [3.8, 4) is 0 Å². The molecule has 0 unspecified atom stereocenters. The number of rotatable bonds is 40. The molecular weight excluding hydrogens is 636 g/mol. The first-order valence-corrected chi connectivity index (χ1v) is 22.4. The van der Waals surface area contributed by atoms with Gasteiger partial charge in [0.25, 0.3) is 0 Å². The Labute approximate surface area is 317 Å². The van der Waals surface area contributed by atoms with Gasteiger partial charge in [-0.05, 0) is 25.2 Å². The van der Waals surface area contributed by atoms with Crippen molar-refractivity contribution in [3.05, 3.63) is 0 Å². The molecule has 0 aliphatic carbocycles. The summed E-state index contributed by atoms with van der Waals surface area (Å²) in [5, 5.41) is 0. The summed E-state index contributed by atoms with van der Waals surface area (Å²) < 4.78 is 16.6. The van der Waals surface area contributed by atoms with Gasteiger partial charge in [0, 0.05) is 19.3 Å². The van der Waals surface area contributed by atoms with Crippen molar-refractivity contribution >= 4 is 17.9 Å². The lowest BCUT2D eigenvalue weighted by atomic mass is 10.0. The highest BCUT2D eigenvalue weighted by molar-refractivity contribution is 5.71. The Kier molecular flexibility index (Phi) is 38.4. The Bertz CT molecular complexity index is 766. The molecule has 0 fully saturated rings. The van der Waals surface area contributed by atoms with E-state index in [-0.39, 0.29) is 31.1 Å². The maximum absolute atomic E-state index is 12.6. The molecule has 0 spiro atoms. The molecule has 0 saturated heterocycles. The topological polar surface area (TPSA) is 78.9 Å². The van der Waals surface area contributed by atoms with Crippen LogP contribution in [0.1, 0.15) is 246 Å². The summed E-state index contributed by atoms with van der Waals surface area (Å²) in [5.74, 6) is -0.0350. The molecule has 0 amide bonds. The minimum atomic E-state index is -0.757. The summed E-state index contributed by atoms with van der Waals surface area (Å²) in [4.78, 5) is 37.5. The van der Waals surface area contributed by atoms with Crippen LogP contribution in [0.2, 0.25) is 0 Å². The Hall–Kier alpha value is -1.59. The number of hydrogen-bond acceptors (Lipinski definition) is 6. The van der Waals surface area contributed by atoms with Gasteiger partial charge in [-0.15, -0.1) is 0 Å². The molecule has 0 aliphatic rings. The van der Waals surface area contributed by atoms with Crippen LogP contribution in [0.4, 0.5) is 0 Å². The molecule has 0 bridgehead atoms. The van der Waals surface area contributed by atoms with Crippen LogP contribution in [0.5, 0.6) is 0 Å². The van der Waals surface area contributed by atoms with E-state index in [1.165, 1.54) is 141 Å². The van der Waals surface area contributed by atoms with Crippen LogP contribution in [-0.4, -0.2) is 37.2 Å². The molecule has 0 N–H and O–H groups in total. The number of ether oxygens (including phenoxy) is 3. The summed E-state index contributed by atoms with van der Waals surface area (Å²) in [7, 11) is 0. The van der Waals surface area contributed by atoms with E-state index >= 15 is 0 Å². The largest absolute Gasteiger partial charge is 0.462 e. The Morgan fingerprint density at radius 1 is 0.373 bits per heavy atom. The molecule has 0 aromatic rings. The van der Waals surface area contributed by atoms with E-state index in [4.69, 9.17) is 14.2 Å². The standard InChI is InChI=1S/C45H86O6/c1-5-7-9-11-13-14-15-18-21-25-28-32-36-43(46)49-39-42(51-45(48)38-34-30-23-12-10-8-6-2)40-50-44(47)37-33-29-26-22-19-16-17-20-24-27-31-35-41(3)4/h41-42H,5-40H2,1-4H3/t42-/m1/s1. The smallest absolute Gasteiger partial charge is 0.306 e. The second kappa shape index (κ2) is 39.6. The predicted octanol–water partition coefficient (Wildman–Crippen LogP) is 13.9. The molecule has 0 rings (SSSR count). The van der Waals surface area contributed by atoms with Crippen LogP contribution in [0.25, 0.3) is 0 Å². The van der Waals surface area contributed by atoms with E-state index < -0.39 is 6.10 Å². The second-order valence-corrected chi connectivity index (χ2v) is 15.8. The van der Waals surface area contributed by atoms with Gasteiger partial charge in [-0.1, -0.05) is 207 Å². The Balaban J connectivity index is 4.24. The molecule has 6 nitrogen and oxygen atoms in total. The van der Waals surface area contributed by atoms with Gasteiger partial charge in [0.2, 0.25) is 0 Å². The molecule has 51 heavy (non-hydrogen) atoms. The zero-order valence-electron chi connectivity index (χ0n) is 34.6. The molecule has 1 atom stereocenters. The summed E-state index contributed by atoms with van der Waals surface area (Å²) in [6.07, 6.45) is 38.1. The summed E-state index contributed by atoms with van der Waals surface area (Å²) >= 11 is 0. The summed E-state index contributed by atoms with van der Waals surface area (Å²) in [5.41, 5.74) is 0. The number of carbonyl (C=O) groups is 3. The molecule has 6 heteroatoms. The first-order valence-electron chi connectivity index (χ1n) is 22.4. The molecule has 0 aromatic carbocycles. The van der Waals surface area contributed by atoms with Gasteiger partial charge in [-0.3, -0.25) is 14.4 Å². The third-order valence-corrected chi connectivity index (χ3v) is 10.0. The van der Waals surface area contributed by atoms with E-state index in [2.05, 4.69) is 27.7 Å². The highest BCUT2D eigenvalue weighted by Crippen LogP contribution is 2.16.